The van der Waals surface area contributed by atoms with E-state index >= 15 is 0 Å². The summed E-state index contributed by atoms with van der Waals surface area (Å²) in [4.78, 5) is 26.6. The molecule has 0 spiro atoms. The number of fused-ring (bicyclic) bond motifs is 1. The number of hydrogen-bond acceptors (Lipinski definition) is 8. The monoisotopic (exact) mass is 526 g/mol. The summed E-state index contributed by atoms with van der Waals surface area (Å²) in [5.41, 5.74) is 2.55. The van der Waals surface area contributed by atoms with Crippen molar-refractivity contribution in [1.82, 2.24) is 14.8 Å². The number of aromatic nitrogens is 3. The molecule has 2 aromatic heterocycles. The highest BCUT2D eigenvalue weighted by Crippen LogP contribution is 2.39. The molecule has 0 saturated carbocycles. The molecule has 0 radical (unpaired) electrons. The number of nitrogens with one attached hydrogen (secondary N) is 1. The zero-order valence-electron chi connectivity index (χ0n) is 20.7. The normalized spacial score (nSPS) is 13.2. The number of allylic oxidation sites excluding steroid dienone is 1. The summed E-state index contributed by atoms with van der Waals surface area (Å²) in [6, 6.07) is 7.81. The van der Waals surface area contributed by atoms with Crippen molar-refractivity contribution in [3.63, 3.8) is 0 Å². The van der Waals surface area contributed by atoms with Gasteiger partial charge in [0.2, 0.25) is 5.91 Å². The topological polar surface area (TPSA) is 95.3 Å². The van der Waals surface area contributed by atoms with Gasteiger partial charge in [0.15, 0.2) is 17.1 Å². The van der Waals surface area contributed by atoms with E-state index in [4.69, 9.17) is 9.47 Å². The van der Waals surface area contributed by atoms with Crippen LogP contribution in [0.5, 0.6) is 5.75 Å². The quantitative estimate of drug-likeness (QED) is 0.204. The number of ether oxygens (including phenoxy) is 2. The van der Waals surface area contributed by atoms with Gasteiger partial charge < -0.3 is 14.8 Å². The van der Waals surface area contributed by atoms with E-state index in [2.05, 4.69) is 22.1 Å². The molecule has 1 aromatic carbocycles. The maximum atomic E-state index is 12.9. The van der Waals surface area contributed by atoms with Crippen LogP contribution in [0.2, 0.25) is 0 Å². The number of aryl methyl sites for hydroxylation is 2. The van der Waals surface area contributed by atoms with E-state index in [0.717, 1.165) is 41.0 Å². The van der Waals surface area contributed by atoms with Crippen LogP contribution in [0.25, 0.3) is 0 Å². The van der Waals surface area contributed by atoms with Crippen LogP contribution < -0.4 is 10.1 Å². The molecule has 1 aliphatic rings. The summed E-state index contributed by atoms with van der Waals surface area (Å²) in [6.45, 7) is 10.3. The van der Waals surface area contributed by atoms with Crippen LogP contribution in [-0.2, 0) is 28.9 Å². The minimum absolute atomic E-state index is 0.118. The van der Waals surface area contributed by atoms with E-state index in [1.54, 1.807) is 13.0 Å². The van der Waals surface area contributed by atoms with E-state index in [1.165, 1.54) is 23.1 Å². The molecule has 1 aliphatic carbocycles. The van der Waals surface area contributed by atoms with Crippen molar-refractivity contribution < 1.29 is 19.1 Å². The Hall–Kier alpha value is -3.11. The van der Waals surface area contributed by atoms with Crippen molar-refractivity contribution in [3.05, 3.63) is 64.3 Å². The number of carbonyl (C=O) groups excluding carboxylic acids is 2. The predicted octanol–water partition coefficient (Wildman–Crippen LogP) is 5.37. The van der Waals surface area contributed by atoms with Crippen LogP contribution in [0.4, 0.5) is 5.00 Å². The molecule has 1 atom stereocenters. The Labute approximate surface area is 219 Å². The number of para-hydroxylation sites is 1. The zero-order valence-corrected chi connectivity index (χ0v) is 22.3. The van der Waals surface area contributed by atoms with E-state index < -0.39 is 0 Å². The van der Waals surface area contributed by atoms with Gasteiger partial charge in [-0.25, -0.2) is 4.79 Å². The molecule has 1 N–H and O–H groups in total. The minimum Gasteiger partial charge on any atom is -0.482 e. The molecule has 0 saturated heterocycles. The summed E-state index contributed by atoms with van der Waals surface area (Å²) >= 11 is 2.75. The maximum absolute atomic E-state index is 12.9. The van der Waals surface area contributed by atoms with E-state index in [-0.39, 0.29) is 23.7 Å². The summed E-state index contributed by atoms with van der Waals surface area (Å²) in [6.07, 6.45) is 4.19. The highest BCUT2D eigenvalue weighted by molar-refractivity contribution is 7.99. The minimum atomic E-state index is -0.377. The Kier molecular flexibility index (Phi) is 8.48. The Bertz CT molecular complexity index is 1270. The first kappa shape index (κ1) is 26.0. The lowest BCUT2D eigenvalue weighted by atomic mass is 10.1. The number of amides is 1. The number of thiophene rings is 1. The van der Waals surface area contributed by atoms with Crippen LogP contribution in [0.15, 0.2) is 42.1 Å². The first-order valence-corrected chi connectivity index (χ1v) is 13.7. The molecule has 36 heavy (non-hydrogen) atoms. The second-order valence-electron chi connectivity index (χ2n) is 8.38. The summed E-state index contributed by atoms with van der Waals surface area (Å²) in [5, 5.41) is 12.7. The van der Waals surface area contributed by atoms with Crippen LogP contribution >= 0.6 is 23.1 Å². The molecule has 2 heterocycles. The largest absolute Gasteiger partial charge is 0.482 e. The standard InChI is InChI=1S/C26H30N4O4S2/c1-5-14-30-23(17(4)34-19-12-8-7-10-16(19)3)28-29-26(30)35-15-21(31)27-24-22(25(32)33-6-2)18-11-9-13-20(18)36-24/h5,7-8,10,12,17H,1,6,9,11,13-15H2,2-4H3,(H,27,31). The molecule has 0 bridgehead atoms. The molecular weight excluding hydrogens is 496 g/mol. The van der Waals surface area contributed by atoms with Crippen molar-refractivity contribution >= 4 is 40.0 Å². The lowest BCUT2D eigenvalue weighted by molar-refractivity contribution is -0.113. The average Bonchev–Trinajstić information content (AvgIpc) is 3.54. The molecule has 10 heteroatoms. The molecule has 0 aliphatic heterocycles. The molecular formula is C26H30N4O4S2. The number of carbonyl (C=O) groups is 2. The predicted molar refractivity (Wildman–Crippen MR) is 142 cm³/mol. The molecule has 4 rings (SSSR count). The van der Waals surface area contributed by atoms with E-state index in [0.29, 0.717) is 34.7 Å². The van der Waals surface area contributed by atoms with Gasteiger partial charge in [-0.15, -0.1) is 28.1 Å². The maximum Gasteiger partial charge on any atom is 0.341 e. The van der Waals surface area contributed by atoms with Gasteiger partial charge in [0.1, 0.15) is 10.8 Å². The van der Waals surface area contributed by atoms with Crippen molar-refractivity contribution in [2.75, 3.05) is 17.7 Å². The SMILES string of the molecule is C=CCn1c(SCC(=O)Nc2sc3c(c2C(=O)OCC)CCC3)nnc1C(C)Oc1ccccc1C. The number of esters is 1. The molecule has 190 valence electrons. The van der Waals surface area contributed by atoms with Gasteiger partial charge in [-0.2, -0.15) is 0 Å². The number of hydrogen-bond donors (Lipinski definition) is 1. The third-order valence-corrected chi connectivity index (χ3v) is 7.98. The number of anilines is 1. The van der Waals surface area contributed by atoms with Gasteiger partial charge in [-0.05, 0) is 57.2 Å². The fourth-order valence-electron chi connectivity index (χ4n) is 4.14. The van der Waals surface area contributed by atoms with Crippen molar-refractivity contribution in [1.29, 1.82) is 0 Å². The third-order valence-electron chi connectivity index (χ3n) is 5.80. The van der Waals surface area contributed by atoms with Gasteiger partial charge in [-0.1, -0.05) is 36.0 Å². The van der Waals surface area contributed by atoms with Gasteiger partial charge in [-0.3, -0.25) is 9.36 Å². The second-order valence-corrected chi connectivity index (χ2v) is 10.4. The number of benzene rings is 1. The average molecular weight is 527 g/mol. The van der Waals surface area contributed by atoms with Crippen LogP contribution in [-0.4, -0.2) is 39.0 Å². The van der Waals surface area contributed by atoms with Crippen molar-refractivity contribution in [2.45, 2.75) is 57.8 Å². The highest BCUT2D eigenvalue weighted by atomic mass is 32.2. The summed E-state index contributed by atoms with van der Waals surface area (Å²) < 4.78 is 13.3. The fraction of sp³-hybridized carbons (Fsp3) is 0.385. The van der Waals surface area contributed by atoms with Crippen LogP contribution in [0, 0.1) is 6.92 Å². The van der Waals surface area contributed by atoms with Crippen LogP contribution in [0.3, 0.4) is 0 Å². The highest BCUT2D eigenvalue weighted by Gasteiger charge is 2.28. The van der Waals surface area contributed by atoms with Crippen molar-refractivity contribution in [3.8, 4) is 5.75 Å². The number of thioether (sulfide) groups is 1. The fourth-order valence-corrected chi connectivity index (χ4v) is 6.19. The third kappa shape index (κ3) is 5.65. The van der Waals surface area contributed by atoms with E-state index in [9.17, 15) is 9.59 Å². The molecule has 0 fully saturated rings. The second kappa shape index (κ2) is 11.7. The van der Waals surface area contributed by atoms with E-state index in [1.807, 2.05) is 42.7 Å². The Morgan fingerprint density at radius 2 is 2.11 bits per heavy atom. The molecule has 8 nitrogen and oxygen atoms in total. The van der Waals surface area contributed by atoms with Gasteiger partial charge >= 0.3 is 5.97 Å². The Balaban J connectivity index is 1.45. The summed E-state index contributed by atoms with van der Waals surface area (Å²) in [7, 11) is 0. The smallest absolute Gasteiger partial charge is 0.341 e. The lowest BCUT2D eigenvalue weighted by Crippen LogP contribution is -2.17. The number of nitrogens with zero attached hydrogens (tertiary/aromatic N) is 3. The van der Waals surface area contributed by atoms with Gasteiger partial charge in [0.25, 0.3) is 0 Å². The van der Waals surface area contributed by atoms with Crippen molar-refractivity contribution in [2.24, 2.45) is 0 Å². The molecule has 3 aromatic rings. The lowest BCUT2D eigenvalue weighted by Gasteiger charge is -2.17. The van der Waals surface area contributed by atoms with Gasteiger partial charge in [0, 0.05) is 11.4 Å². The summed E-state index contributed by atoms with van der Waals surface area (Å²) in [5.74, 6) is 0.960. The van der Waals surface area contributed by atoms with Crippen LogP contribution in [0.1, 0.15) is 58.6 Å². The number of rotatable bonds is 11. The Morgan fingerprint density at radius 1 is 1.31 bits per heavy atom. The van der Waals surface area contributed by atoms with Gasteiger partial charge in [0.05, 0.1) is 17.9 Å². The first-order chi connectivity index (χ1) is 17.4. The molecule has 1 unspecified atom stereocenters. The Morgan fingerprint density at radius 3 is 2.86 bits per heavy atom. The molecule has 1 amide bonds. The first-order valence-electron chi connectivity index (χ1n) is 11.9. The zero-order chi connectivity index (χ0) is 25.7.